The van der Waals surface area contributed by atoms with E-state index in [0.29, 0.717) is 0 Å². The minimum absolute atomic E-state index is 0.0299. The quantitative estimate of drug-likeness (QED) is 0.660. The summed E-state index contributed by atoms with van der Waals surface area (Å²) >= 11 is 0. The van der Waals surface area contributed by atoms with Gasteiger partial charge in [-0.15, -0.1) is 0 Å². The molecular formula is C20H28O8. The molecule has 1 aliphatic rings. The number of rotatable bonds is 8. The Bertz CT molecular complexity index is 614. The number of ether oxygens (including phenoxy) is 5. The minimum Gasteiger partial charge on any atom is -0.497 e. The lowest BCUT2D eigenvalue weighted by molar-refractivity contribution is -0.232. The highest BCUT2D eigenvalue weighted by molar-refractivity contribution is 5.66. The van der Waals surface area contributed by atoms with Crippen LogP contribution < -0.4 is 4.74 Å². The monoisotopic (exact) mass is 396 g/mol. The van der Waals surface area contributed by atoms with Gasteiger partial charge in [0.2, 0.25) is 0 Å². The zero-order valence-corrected chi connectivity index (χ0v) is 16.6. The van der Waals surface area contributed by atoms with Gasteiger partial charge < -0.3 is 28.8 Å². The first-order valence-corrected chi connectivity index (χ1v) is 9.16. The Labute approximate surface area is 164 Å². The van der Waals surface area contributed by atoms with Gasteiger partial charge >= 0.3 is 11.9 Å². The molecule has 0 amide bonds. The van der Waals surface area contributed by atoms with Crippen molar-refractivity contribution < 1.29 is 38.4 Å². The van der Waals surface area contributed by atoms with Crippen LogP contribution >= 0.6 is 0 Å². The number of aliphatic hydroxyl groups excluding tert-OH is 1. The second-order valence-corrected chi connectivity index (χ2v) is 6.79. The van der Waals surface area contributed by atoms with Crippen molar-refractivity contribution in [1.29, 1.82) is 0 Å². The van der Waals surface area contributed by atoms with Gasteiger partial charge in [0, 0.05) is 19.8 Å². The maximum atomic E-state index is 11.2. The van der Waals surface area contributed by atoms with Crippen molar-refractivity contribution >= 4 is 11.9 Å². The Morgan fingerprint density at radius 3 is 2.14 bits per heavy atom. The highest BCUT2D eigenvalue weighted by Gasteiger charge is 2.44. The summed E-state index contributed by atoms with van der Waals surface area (Å²) in [5.74, 6) is -0.400. The Hall–Kier alpha value is -2.16. The molecule has 1 fully saturated rings. The Morgan fingerprint density at radius 2 is 1.61 bits per heavy atom. The van der Waals surface area contributed by atoms with Crippen LogP contribution in [0.25, 0.3) is 0 Å². The third kappa shape index (κ3) is 6.19. The Kier molecular flexibility index (Phi) is 8.22. The van der Waals surface area contributed by atoms with Gasteiger partial charge in [-0.3, -0.25) is 9.59 Å². The molecule has 1 saturated heterocycles. The first kappa shape index (κ1) is 22.1. The molecule has 1 N–H and O–H groups in total. The van der Waals surface area contributed by atoms with Crippen molar-refractivity contribution in [2.75, 3.05) is 20.3 Å². The average Bonchev–Trinajstić information content (AvgIpc) is 2.66. The Balaban J connectivity index is 2.07. The number of esters is 2. The fourth-order valence-corrected chi connectivity index (χ4v) is 3.06. The summed E-state index contributed by atoms with van der Waals surface area (Å²) < 4.78 is 27.0. The van der Waals surface area contributed by atoms with Crippen LogP contribution in [0.5, 0.6) is 5.75 Å². The number of methoxy groups -OCH3 is 1. The van der Waals surface area contributed by atoms with Crippen LogP contribution in [0.15, 0.2) is 24.3 Å². The lowest BCUT2D eigenvalue weighted by Crippen LogP contribution is -2.57. The summed E-state index contributed by atoms with van der Waals surface area (Å²) in [5.41, 5.74) is 0.916. The molecule has 1 aromatic rings. The largest absolute Gasteiger partial charge is 0.497 e. The van der Waals surface area contributed by atoms with E-state index < -0.39 is 36.4 Å². The molecule has 2 rings (SSSR count). The minimum atomic E-state index is -0.999. The third-order valence-corrected chi connectivity index (χ3v) is 4.67. The predicted octanol–water partition coefficient (Wildman–Crippen LogP) is 1.47. The first-order valence-electron chi connectivity index (χ1n) is 9.16. The van der Waals surface area contributed by atoms with Crippen LogP contribution in [0.4, 0.5) is 0 Å². The maximum Gasteiger partial charge on any atom is 0.302 e. The van der Waals surface area contributed by atoms with E-state index >= 15 is 0 Å². The highest BCUT2D eigenvalue weighted by atomic mass is 16.6. The van der Waals surface area contributed by atoms with E-state index in [1.165, 1.54) is 13.8 Å². The van der Waals surface area contributed by atoms with Gasteiger partial charge in [-0.1, -0.05) is 19.1 Å². The van der Waals surface area contributed by atoms with E-state index in [-0.39, 0.29) is 25.7 Å². The van der Waals surface area contributed by atoms with Crippen molar-refractivity contribution in [2.45, 2.75) is 51.8 Å². The number of carbonyl (C=O) groups is 2. The van der Waals surface area contributed by atoms with Crippen LogP contribution in [-0.4, -0.2) is 61.8 Å². The Morgan fingerprint density at radius 1 is 1.04 bits per heavy atom. The van der Waals surface area contributed by atoms with Gasteiger partial charge in [0.05, 0.1) is 25.9 Å². The van der Waals surface area contributed by atoms with Gasteiger partial charge in [0.1, 0.15) is 31.2 Å². The van der Waals surface area contributed by atoms with E-state index in [0.717, 1.165) is 11.3 Å². The second kappa shape index (κ2) is 10.4. The molecule has 0 radical (unpaired) electrons. The lowest BCUT2D eigenvalue weighted by atomic mass is 9.88. The maximum absolute atomic E-state index is 11.2. The number of benzene rings is 1. The molecule has 156 valence electrons. The van der Waals surface area contributed by atoms with Crippen LogP contribution in [0.1, 0.15) is 26.3 Å². The van der Waals surface area contributed by atoms with E-state index in [2.05, 4.69) is 0 Å². The second-order valence-electron chi connectivity index (χ2n) is 6.79. The summed E-state index contributed by atoms with van der Waals surface area (Å²) in [4.78, 5) is 22.3. The fraction of sp³-hybridized carbons (Fsp3) is 0.600. The first-order chi connectivity index (χ1) is 13.3. The van der Waals surface area contributed by atoms with Crippen molar-refractivity contribution in [3.8, 4) is 5.75 Å². The SMILES string of the molecule is COc1ccc(CO[C@@H]2[C@@H](C)[C@@H](COC(C)=O)O[C@H](COC(C)=O)[C@H]2O)cc1. The number of hydrogen-bond acceptors (Lipinski definition) is 8. The third-order valence-electron chi connectivity index (χ3n) is 4.67. The summed E-state index contributed by atoms with van der Waals surface area (Å²) in [5, 5.41) is 10.7. The van der Waals surface area contributed by atoms with Gasteiger partial charge in [0.15, 0.2) is 0 Å². The van der Waals surface area contributed by atoms with E-state index in [9.17, 15) is 14.7 Å². The molecule has 8 nitrogen and oxygen atoms in total. The molecule has 0 aliphatic carbocycles. The van der Waals surface area contributed by atoms with Crippen LogP contribution in [-0.2, 0) is 35.1 Å². The average molecular weight is 396 g/mol. The molecule has 0 aromatic heterocycles. The van der Waals surface area contributed by atoms with Crippen molar-refractivity contribution in [3.63, 3.8) is 0 Å². The molecule has 0 unspecified atom stereocenters. The molecule has 0 saturated carbocycles. The number of carbonyl (C=O) groups excluding carboxylic acids is 2. The van der Waals surface area contributed by atoms with E-state index in [1.807, 2.05) is 31.2 Å². The molecule has 1 aliphatic heterocycles. The lowest BCUT2D eigenvalue weighted by Gasteiger charge is -2.43. The molecule has 0 bridgehead atoms. The molecule has 5 atom stereocenters. The zero-order chi connectivity index (χ0) is 20.7. The van der Waals surface area contributed by atoms with Crippen molar-refractivity contribution in [3.05, 3.63) is 29.8 Å². The van der Waals surface area contributed by atoms with Gasteiger partial charge in [-0.05, 0) is 17.7 Å². The summed E-state index contributed by atoms with van der Waals surface area (Å²) in [6.07, 6.45) is -2.85. The molecular weight excluding hydrogens is 368 g/mol. The van der Waals surface area contributed by atoms with Gasteiger partial charge in [-0.25, -0.2) is 0 Å². The fourth-order valence-electron chi connectivity index (χ4n) is 3.06. The van der Waals surface area contributed by atoms with Crippen LogP contribution in [0.3, 0.4) is 0 Å². The molecule has 0 spiro atoms. The molecule has 1 aromatic carbocycles. The summed E-state index contributed by atoms with van der Waals surface area (Å²) in [6.45, 7) is 4.65. The normalized spacial score (nSPS) is 27.1. The van der Waals surface area contributed by atoms with Crippen molar-refractivity contribution in [2.24, 2.45) is 5.92 Å². The number of aliphatic hydroxyl groups is 1. The zero-order valence-electron chi connectivity index (χ0n) is 16.6. The summed E-state index contributed by atoms with van der Waals surface area (Å²) in [6, 6.07) is 7.41. The molecule has 1 heterocycles. The van der Waals surface area contributed by atoms with Crippen molar-refractivity contribution in [1.82, 2.24) is 0 Å². The standard InChI is InChI=1S/C20H28O8/c1-12-17(10-25-13(2)21)28-18(11-26-14(3)22)19(23)20(12)27-9-15-5-7-16(24-4)8-6-15/h5-8,12,17-20,23H,9-11H2,1-4H3/t12-,17+,18+,19+,20+/m0/s1. The van der Waals surface area contributed by atoms with E-state index in [4.69, 9.17) is 23.7 Å². The number of hydrogen-bond donors (Lipinski definition) is 1. The predicted molar refractivity (Wildman–Crippen MR) is 98.7 cm³/mol. The van der Waals surface area contributed by atoms with Crippen LogP contribution in [0, 0.1) is 5.92 Å². The topological polar surface area (TPSA) is 101 Å². The molecule has 28 heavy (non-hydrogen) atoms. The summed E-state index contributed by atoms with van der Waals surface area (Å²) in [7, 11) is 1.60. The van der Waals surface area contributed by atoms with E-state index in [1.54, 1.807) is 7.11 Å². The smallest absolute Gasteiger partial charge is 0.302 e. The highest BCUT2D eigenvalue weighted by Crippen LogP contribution is 2.30. The van der Waals surface area contributed by atoms with Crippen LogP contribution in [0.2, 0.25) is 0 Å². The van der Waals surface area contributed by atoms with Gasteiger partial charge in [-0.2, -0.15) is 0 Å². The van der Waals surface area contributed by atoms with Gasteiger partial charge in [0.25, 0.3) is 0 Å². The molecule has 8 heteroatoms.